The molecule has 1 aliphatic heterocycles. The summed E-state index contributed by atoms with van der Waals surface area (Å²) in [6.07, 6.45) is 0.364. The smallest absolute Gasteiger partial charge is 0.231 e. The predicted molar refractivity (Wildman–Crippen MR) is 93.8 cm³/mol. The summed E-state index contributed by atoms with van der Waals surface area (Å²) in [5.74, 6) is 0.0390. The lowest BCUT2D eigenvalue weighted by Crippen LogP contribution is -2.20. The number of benzene rings is 2. The summed E-state index contributed by atoms with van der Waals surface area (Å²) in [7, 11) is 1.76. The number of carbonyl (C=O) groups excluding carboxylic acids is 2. The second-order valence-corrected chi connectivity index (χ2v) is 7.00. The Balaban J connectivity index is 2.02. The molecule has 2 aromatic rings. The predicted octanol–water partition coefficient (Wildman–Crippen LogP) is 3.80. The molecule has 0 radical (unpaired) electrons. The van der Waals surface area contributed by atoms with E-state index in [1.54, 1.807) is 18.0 Å². The highest BCUT2D eigenvalue weighted by Crippen LogP contribution is 2.30. The maximum atomic E-state index is 12.7. The van der Waals surface area contributed by atoms with E-state index in [0.717, 1.165) is 19.3 Å². The van der Waals surface area contributed by atoms with Crippen LogP contribution in [0.15, 0.2) is 40.9 Å². The summed E-state index contributed by atoms with van der Waals surface area (Å²) in [6.45, 7) is 0. The lowest BCUT2D eigenvalue weighted by molar-refractivity contribution is -0.117. The Morgan fingerprint density at radius 2 is 2.00 bits per heavy atom. The lowest BCUT2D eigenvalue weighted by Gasteiger charge is -2.10. The highest BCUT2D eigenvalue weighted by molar-refractivity contribution is 14.1. The summed E-state index contributed by atoms with van der Waals surface area (Å²) in [6, 6.07) is 11.1. The van der Waals surface area contributed by atoms with Crippen LogP contribution in [-0.2, 0) is 11.2 Å². The Hall–Kier alpha value is -1.21. The summed E-state index contributed by atoms with van der Waals surface area (Å²) in [5.41, 5.74) is 3.09. The van der Waals surface area contributed by atoms with Gasteiger partial charge in [-0.1, -0.05) is 15.9 Å². The van der Waals surface area contributed by atoms with E-state index in [9.17, 15) is 9.59 Å². The minimum atomic E-state index is -0.0227. The summed E-state index contributed by atoms with van der Waals surface area (Å²) in [5, 5.41) is 0. The van der Waals surface area contributed by atoms with Gasteiger partial charge in [-0.05, 0) is 64.6 Å². The molecule has 106 valence electrons. The number of nitrogens with zero attached hydrogens (tertiary/aromatic N) is 1. The second kappa shape index (κ2) is 5.53. The molecule has 0 aliphatic carbocycles. The monoisotopic (exact) mass is 455 g/mol. The van der Waals surface area contributed by atoms with E-state index in [4.69, 9.17) is 0 Å². The molecule has 0 atom stereocenters. The Morgan fingerprint density at radius 1 is 1.24 bits per heavy atom. The zero-order chi connectivity index (χ0) is 15.1. The van der Waals surface area contributed by atoms with Gasteiger partial charge in [-0.15, -0.1) is 0 Å². The molecular formula is C16H11BrINO2. The standard InChI is InChI=1S/C16H11BrINO2/c1-19-14-5-2-9(6-10(14)7-15(19)20)16(21)12-8-11(17)3-4-13(12)18/h2-6,8H,7H2,1H3. The molecule has 0 fully saturated rings. The molecule has 0 bridgehead atoms. The molecule has 0 aromatic heterocycles. The second-order valence-electron chi connectivity index (χ2n) is 4.93. The molecule has 5 heteroatoms. The largest absolute Gasteiger partial charge is 0.315 e. The number of fused-ring (bicyclic) bond motifs is 1. The SMILES string of the molecule is CN1C(=O)Cc2cc(C(=O)c3cc(Br)ccc3I)ccc21. The molecule has 1 aliphatic rings. The Labute approximate surface area is 144 Å². The number of hydrogen-bond donors (Lipinski definition) is 0. The van der Waals surface area contributed by atoms with Crippen molar-refractivity contribution in [1.29, 1.82) is 0 Å². The zero-order valence-electron chi connectivity index (χ0n) is 11.2. The highest BCUT2D eigenvalue weighted by atomic mass is 127. The molecule has 0 unspecified atom stereocenters. The van der Waals surface area contributed by atoms with Crippen molar-refractivity contribution in [2.45, 2.75) is 6.42 Å². The quantitative estimate of drug-likeness (QED) is 0.510. The fourth-order valence-corrected chi connectivity index (χ4v) is 3.38. The minimum Gasteiger partial charge on any atom is -0.315 e. The van der Waals surface area contributed by atoms with Gasteiger partial charge in [0.25, 0.3) is 0 Å². The van der Waals surface area contributed by atoms with Crippen LogP contribution in [0.25, 0.3) is 0 Å². The van der Waals surface area contributed by atoms with E-state index >= 15 is 0 Å². The zero-order valence-corrected chi connectivity index (χ0v) is 14.9. The van der Waals surface area contributed by atoms with Crippen molar-refractivity contribution in [3.8, 4) is 0 Å². The minimum absolute atomic E-state index is 0.0227. The number of ketones is 1. The van der Waals surface area contributed by atoms with E-state index in [2.05, 4.69) is 38.5 Å². The molecule has 3 rings (SSSR count). The van der Waals surface area contributed by atoms with E-state index in [-0.39, 0.29) is 11.7 Å². The first-order chi connectivity index (χ1) is 9.97. The lowest BCUT2D eigenvalue weighted by atomic mass is 10.0. The molecule has 1 amide bonds. The summed E-state index contributed by atoms with van der Waals surface area (Å²) in [4.78, 5) is 26.0. The van der Waals surface area contributed by atoms with Gasteiger partial charge in [0.1, 0.15) is 0 Å². The van der Waals surface area contributed by atoms with Gasteiger partial charge in [0.05, 0.1) is 6.42 Å². The highest BCUT2D eigenvalue weighted by Gasteiger charge is 2.25. The normalized spacial score (nSPS) is 13.5. The fraction of sp³-hybridized carbons (Fsp3) is 0.125. The Morgan fingerprint density at radius 3 is 2.76 bits per heavy atom. The molecule has 0 saturated carbocycles. The molecule has 0 saturated heterocycles. The van der Waals surface area contributed by atoms with Crippen molar-refractivity contribution < 1.29 is 9.59 Å². The number of rotatable bonds is 2. The van der Waals surface area contributed by atoms with Crippen molar-refractivity contribution in [1.82, 2.24) is 0 Å². The molecule has 21 heavy (non-hydrogen) atoms. The first-order valence-electron chi connectivity index (χ1n) is 6.36. The summed E-state index contributed by atoms with van der Waals surface area (Å²) < 4.78 is 1.79. The number of hydrogen-bond acceptors (Lipinski definition) is 2. The molecular weight excluding hydrogens is 445 g/mol. The van der Waals surface area contributed by atoms with Gasteiger partial charge >= 0.3 is 0 Å². The number of likely N-dealkylation sites (N-methyl/N-ethyl adjacent to an activating group) is 1. The maximum Gasteiger partial charge on any atom is 0.231 e. The Kier molecular flexibility index (Phi) is 3.88. The van der Waals surface area contributed by atoms with Gasteiger partial charge in [0.15, 0.2) is 5.78 Å². The van der Waals surface area contributed by atoms with Crippen molar-refractivity contribution >= 4 is 55.9 Å². The van der Waals surface area contributed by atoms with Gasteiger partial charge in [0, 0.05) is 31.9 Å². The summed E-state index contributed by atoms with van der Waals surface area (Å²) >= 11 is 5.55. The topological polar surface area (TPSA) is 37.4 Å². The number of amides is 1. The first-order valence-corrected chi connectivity index (χ1v) is 8.24. The average molecular weight is 456 g/mol. The van der Waals surface area contributed by atoms with Gasteiger partial charge in [-0.25, -0.2) is 0 Å². The van der Waals surface area contributed by atoms with Crippen molar-refractivity contribution in [3.05, 3.63) is 61.1 Å². The van der Waals surface area contributed by atoms with Gasteiger partial charge in [-0.2, -0.15) is 0 Å². The number of carbonyl (C=O) groups is 2. The fourth-order valence-electron chi connectivity index (χ4n) is 2.44. The van der Waals surface area contributed by atoms with Crippen LogP contribution in [-0.4, -0.2) is 18.7 Å². The molecule has 3 nitrogen and oxygen atoms in total. The van der Waals surface area contributed by atoms with Gasteiger partial charge in [0.2, 0.25) is 5.91 Å². The van der Waals surface area contributed by atoms with Crippen LogP contribution in [0, 0.1) is 3.57 Å². The van der Waals surface area contributed by atoms with E-state index in [1.165, 1.54) is 0 Å². The third kappa shape index (κ3) is 2.64. The van der Waals surface area contributed by atoms with Crippen LogP contribution in [0.2, 0.25) is 0 Å². The molecule has 0 N–H and O–H groups in total. The molecule has 1 heterocycles. The van der Waals surface area contributed by atoms with Crippen molar-refractivity contribution in [2.24, 2.45) is 0 Å². The van der Waals surface area contributed by atoms with Crippen LogP contribution < -0.4 is 4.90 Å². The van der Waals surface area contributed by atoms with Crippen molar-refractivity contribution in [2.75, 3.05) is 11.9 Å². The van der Waals surface area contributed by atoms with Crippen LogP contribution >= 0.6 is 38.5 Å². The van der Waals surface area contributed by atoms with Gasteiger partial charge in [-0.3, -0.25) is 9.59 Å². The maximum absolute atomic E-state index is 12.7. The third-order valence-electron chi connectivity index (χ3n) is 3.59. The number of anilines is 1. The average Bonchev–Trinajstić information content (AvgIpc) is 2.75. The van der Waals surface area contributed by atoms with Crippen LogP contribution in [0.1, 0.15) is 21.5 Å². The molecule has 0 spiro atoms. The van der Waals surface area contributed by atoms with E-state index in [0.29, 0.717) is 17.5 Å². The first kappa shape index (κ1) is 14.7. The van der Waals surface area contributed by atoms with Crippen LogP contribution in [0.3, 0.4) is 0 Å². The van der Waals surface area contributed by atoms with Crippen LogP contribution in [0.4, 0.5) is 5.69 Å². The Bertz CT molecular complexity index is 773. The van der Waals surface area contributed by atoms with Gasteiger partial charge < -0.3 is 4.90 Å². The number of halogens is 2. The van der Waals surface area contributed by atoms with E-state index in [1.807, 2.05) is 30.3 Å². The third-order valence-corrected chi connectivity index (χ3v) is 5.03. The van der Waals surface area contributed by atoms with E-state index < -0.39 is 0 Å². The van der Waals surface area contributed by atoms with Crippen LogP contribution in [0.5, 0.6) is 0 Å². The molecule has 2 aromatic carbocycles. The van der Waals surface area contributed by atoms with Crippen molar-refractivity contribution in [3.63, 3.8) is 0 Å².